The fourth-order valence-corrected chi connectivity index (χ4v) is 18.5. The third kappa shape index (κ3) is 25.6. The van der Waals surface area contributed by atoms with Crippen LogP contribution in [0.25, 0.3) is 65.9 Å². The number of carbonyl (C=O) groups is 5. The van der Waals surface area contributed by atoms with Crippen LogP contribution in [0.4, 0.5) is 43.4 Å². The molecule has 0 radical (unpaired) electrons. The predicted octanol–water partition coefficient (Wildman–Crippen LogP) is 17.1. The summed E-state index contributed by atoms with van der Waals surface area (Å²) in [5.41, 5.74) is 7.67. The lowest BCUT2D eigenvalue weighted by atomic mass is 9.93. The second-order valence-corrected chi connectivity index (χ2v) is 35.6. The molecule has 706 valence electrons. The van der Waals surface area contributed by atoms with Gasteiger partial charge in [0.1, 0.15) is 78.1 Å². The third-order valence-corrected chi connectivity index (χ3v) is 25.8. The number of aromatic nitrogens is 18. The highest BCUT2D eigenvalue weighted by Gasteiger charge is 2.34. The molecule has 35 nitrogen and oxygen atoms in total. The zero-order valence-electron chi connectivity index (χ0n) is 72.5. The third-order valence-electron chi connectivity index (χ3n) is 22.5. The van der Waals surface area contributed by atoms with E-state index in [4.69, 9.17) is 34.5 Å². The molecule has 12 heterocycles. The maximum atomic E-state index is 14.8. The van der Waals surface area contributed by atoms with Crippen LogP contribution in [0, 0.1) is 47.1 Å². The van der Waals surface area contributed by atoms with E-state index in [0.29, 0.717) is 64.7 Å². The first-order valence-electron chi connectivity index (χ1n) is 42.7. The summed E-state index contributed by atoms with van der Waals surface area (Å²) in [5, 5.41) is 40.8. The van der Waals surface area contributed by atoms with Gasteiger partial charge >= 0.3 is 13.8 Å². The molecule has 0 saturated heterocycles. The van der Waals surface area contributed by atoms with Crippen LogP contribution in [0.3, 0.4) is 0 Å². The topological polar surface area (TPSA) is 435 Å². The Bertz CT molecular complexity index is 5770. The number of ether oxygens (including phenoxy) is 4. The van der Waals surface area contributed by atoms with Crippen molar-refractivity contribution in [2.24, 2.45) is 17.6 Å². The van der Waals surface area contributed by atoms with E-state index in [9.17, 15) is 54.9 Å². The predicted molar refractivity (Wildman–Crippen MR) is 482 cm³/mol. The Morgan fingerprint density at radius 1 is 0.485 bits per heavy atom. The highest BCUT2D eigenvalue weighted by atomic mass is 35.5. The van der Waals surface area contributed by atoms with Gasteiger partial charge in [-0.3, -0.25) is 47.2 Å². The van der Waals surface area contributed by atoms with Crippen LogP contribution < -0.4 is 21.7 Å². The summed E-state index contributed by atoms with van der Waals surface area (Å²) in [5.74, 6) is -6.71. The number of nitrogens with one attached hydrogen (secondary N) is 3. The van der Waals surface area contributed by atoms with Gasteiger partial charge in [-0.15, -0.1) is 58.8 Å². The van der Waals surface area contributed by atoms with E-state index in [1.54, 1.807) is 60.5 Å². The fourth-order valence-electron chi connectivity index (χ4n) is 15.7. The standard InChI is InChI=1S/C31H35F2N7O3S.C29H34F2N8O4S.C25H28F2N7O6PS.2ClH/c1-2-43-22-9-7-21(8-10-22)40-17-24(29(38-40)28-23(32)11-12-27(33)37-28)35-30(42)25-18-44-31(36-25)20-15-34-39(16-20)14-13-26(41)19-5-3-4-6-19;1-4-42-19-7-5-18(6-8-19)39-13-21(26(37-39)25-20(30)9-10-23(31)36-25)34-27(40)22-14-44-28(35-22)17-11-33-38(12-17)15-43-29(41)24(32)16(2)3;1-3-39-17-6-4-16(5-7-17)34-12-19(23(32-34)22-18(26)8-9-21(27)31-22)29-24(35)20-13-42-25(30-20)15-10-28-33(11-15)14(2)40-41(36,37)38;;/h11-12,15-19,21-22H,2-10,13-14H2,1H3,(H,35,42);9-14,16,18-19,24H,4-8,15,32H2,1-3H3,(H,34,40);8-14,16-17H,3-7H2,1-2H3,(H,29,35)(H2,36,37,38);2*1H/t;18?,19?,24-;;;/m.0.../s1. The van der Waals surface area contributed by atoms with Crippen molar-refractivity contribution < 1.29 is 88.1 Å². The Kier molecular flexibility index (Phi) is 34.8. The second kappa shape index (κ2) is 45.8. The average Bonchev–Trinajstić information content (AvgIpc) is 1.65. The van der Waals surface area contributed by atoms with Crippen molar-refractivity contribution in [3.8, 4) is 65.9 Å². The molecule has 0 spiro atoms. The van der Waals surface area contributed by atoms with E-state index in [1.807, 2.05) is 40.8 Å². The van der Waals surface area contributed by atoms with Gasteiger partial charge in [0.25, 0.3) is 17.7 Å². The lowest BCUT2D eigenvalue weighted by molar-refractivity contribution is -0.150. The molecule has 7 N–H and O–H groups in total. The molecule has 4 fully saturated rings. The number of aryl methyl sites for hydroxylation is 1. The molecule has 0 aliphatic heterocycles. The molecular formula is C85H99Cl2F6N22O13PS3. The summed E-state index contributed by atoms with van der Waals surface area (Å²) in [7, 11) is -4.73. The van der Waals surface area contributed by atoms with Crippen molar-refractivity contribution >= 4 is 113 Å². The molecular weight excluding hydrogens is 1850 g/mol. The number of hydrogen-bond donors (Lipinski definition) is 6. The normalized spacial score (nSPS) is 18.0. The van der Waals surface area contributed by atoms with Crippen LogP contribution in [0.1, 0.15) is 207 Å². The molecule has 4 saturated carbocycles. The van der Waals surface area contributed by atoms with Crippen LogP contribution in [0.15, 0.2) is 108 Å². The molecule has 0 bridgehead atoms. The lowest BCUT2D eigenvalue weighted by Gasteiger charge is -2.28. The van der Waals surface area contributed by atoms with Crippen LogP contribution in [-0.2, 0) is 50.9 Å². The minimum absolute atomic E-state index is 0. The smallest absolute Gasteiger partial charge is 0.441 e. The monoisotopic (exact) mass is 1950 g/mol. The quantitative estimate of drug-likeness (QED) is 0.00987. The van der Waals surface area contributed by atoms with Gasteiger partial charge in [-0.1, -0.05) is 26.7 Å². The summed E-state index contributed by atoms with van der Waals surface area (Å²) in [6.07, 6.45) is 28.3. The Morgan fingerprint density at radius 2 is 0.841 bits per heavy atom. The summed E-state index contributed by atoms with van der Waals surface area (Å²) >= 11 is 3.65. The molecule has 4 aliphatic carbocycles. The number of nitrogens with two attached hydrogens (primary N) is 1. The Hall–Kier alpha value is -10.7. The molecule has 132 heavy (non-hydrogen) atoms. The lowest BCUT2D eigenvalue weighted by Crippen LogP contribution is -2.37. The zero-order valence-corrected chi connectivity index (χ0v) is 77.5. The number of nitrogens with zero attached hydrogens (tertiary/aromatic N) is 18. The number of anilines is 3. The average molecular weight is 1950 g/mol. The molecule has 4 aliphatic rings. The largest absolute Gasteiger partial charge is 0.471 e. The first kappa shape index (κ1) is 100. The van der Waals surface area contributed by atoms with Crippen molar-refractivity contribution in [1.82, 2.24) is 88.6 Å². The van der Waals surface area contributed by atoms with Crippen molar-refractivity contribution in [3.05, 3.63) is 161 Å². The van der Waals surface area contributed by atoms with E-state index in [2.05, 4.69) is 81.0 Å². The summed E-state index contributed by atoms with van der Waals surface area (Å²) in [6, 6.07) is 4.94. The Labute approximate surface area is 777 Å². The molecule has 12 aromatic heterocycles. The molecule has 47 heteroatoms. The number of rotatable bonds is 32. The van der Waals surface area contributed by atoms with Gasteiger partial charge in [0.05, 0.1) is 72.1 Å². The summed E-state index contributed by atoms with van der Waals surface area (Å²) in [6.45, 7) is 13.3. The minimum atomic E-state index is -4.73. The number of carbonyl (C=O) groups excluding carboxylic acids is 5. The molecule has 1 unspecified atom stereocenters. The van der Waals surface area contributed by atoms with Crippen molar-refractivity contribution in [3.63, 3.8) is 0 Å². The fraction of sp³-hybridized carbons (Fsp3) is 0.447. The molecule has 2 atom stereocenters. The maximum Gasteiger partial charge on any atom is 0.471 e. The van der Waals surface area contributed by atoms with E-state index < -0.39 is 79.1 Å². The molecule has 0 aromatic carbocycles. The van der Waals surface area contributed by atoms with Crippen LogP contribution >= 0.6 is 66.6 Å². The highest BCUT2D eigenvalue weighted by molar-refractivity contribution is 7.46. The van der Waals surface area contributed by atoms with Crippen molar-refractivity contribution in [2.75, 3.05) is 35.8 Å². The SMILES string of the molecule is CCOC1CCC(n2cc(NC(=O)c3csc(-c4cnn(C(C)OP(=O)(O)O)c4)n3)c(-c3nc(F)ccc3F)n2)CC1.CCOC1CCC(n2cc(NC(=O)c3csc(-c4cnn(CCC(=O)C5CCCC5)c4)n3)c(-c3nc(F)ccc3F)n2)CC1.CCOC1CCC(n2cc(NC(=O)c3csc(-c4cnn(COC(=O)[C@@H](N)C(C)C)c4)n3)c(-c3nc(F)ccc3F)n2)CC1.Cl.Cl. The van der Waals surface area contributed by atoms with Gasteiger partial charge in [0.2, 0.25) is 17.8 Å². The van der Waals surface area contributed by atoms with Gasteiger partial charge in [-0.2, -0.15) is 43.8 Å². The van der Waals surface area contributed by atoms with Gasteiger partial charge < -0.3 is 50.4 Å². The van der Waals surface area contributed by atoms with Gasteiger partial charge in [0, 0.05) is 109 Å². The number of hydrogen-bond acceptors (Lipinski definition) is 27. The number of halogens is 8. The van der Waals surface area contributed by atoms with Crippen molar-refractivity contribution in [1.29, 1.82) is 0 Å². The number of thiazole rings is 3. The minimum Gasteiger partial charge on any atom is -0.441 e. The van der Waals surface area contributed by atoms with E-state index in [-0.39, 0.29) is 148 Å². The zero-order chi connectivity index (χ0) is 92.0. The first-order valence-corrected chi connectivity index (χ1v) is 46.9. The first-order chi connectivity index (χ1) is 62.5. The Balaban J connectivity index is 0.000000177. The maximum absolute atomic E-state index is 14.8. The number of phosphoric acid groups is 1. The van der Waals surface area contributed by atoms with Crippen LogP contribution in [0.2, 0.25) is 0 Å². The number of esters is 1. The number of ketones is 1. The molecule has 3 amide bonds. The van der Waals surface area contributed by atoms with Gasteiger partial charge in [0.15, 0.2) is 30.4 Å². The summed E-state index contributed by atoms with van der Waals surface area (Å²) < 4.78 is 134. The Morgan fingerprint density at radius 3 is 1.20 bits per heavy atom. The summed E-state index contributed by atoms with van der Waals surface area (Å²) in [4.78, 5) is 107. The van der Waals surface area contributed by atoms with Crippen LogP contribution in [-0.4, -0.2) is 172 Å². The number of Topliss-reactive ketones (excluding diaryl/α,β-unsaturated/α-hetero) is 1. The van der Waals surface area contributed by atoms with E-state index in [1.165, 1.54) is 62.9 Å². The van der Waals surface area contributed by atoms with Crippen LogP contribution in [0.5, 0.6) is 0 Å². The second-order valence-electron chi connectivity index (χ2n) is 31.9. The van der Waals surface area contributed by atoms with E-state index >= 15 is 0 Å². The number of amides is 3. The number of pyridine rings is 3. The molecule has 12 aromatic rings. The van der Waals surface area contributed by atoms with Crippen molar-refractivity contribution in [2.45, 2.75) is 213 Å². The van der Waals surface area contributed by atoms with Gasteiger partial charge in [-0.25, -0.2) is 57.0 Å². The molecule has 16 rings (SSSR count). The van der Waals surface area contributed by atoms with Gasteiger partial charge in [-0.05, 0) is 160 Å². The van der Waals surface area contributed by atoms with E-state index in [0.717, 1.165) is 156 Å². The highest BCUT2D eigenvalue weighted by Crippen LogP contribution is 2.43. The number of phosphoric ester groups is 1.